The number of hydrogen-bond donors (Lipinski definition) is 1. The van der Waals surface area contributed by atoms with Gasteiger partial charge in [-0.25, -0.2) is 13.1 Å². The minimum atomic E-state index is -3.55. The molecule has 1 aliphatic carbocycles. The van der Waals surface area contributed by atoms with Crippen LogP contribution in [0.15, 0.2) is 23.1 Å². The monoisotopic (exact) mass is 399 g/mol. The van der Waals surface area contributed by atoms with Crippen molar-refractivity contribution in [3.05, 3.63) is 28.2 Å². The van der Waals surface area contributed by atoms with E-state index in [4.69, 9.17) is 23.2 Å². The Morgan fingerprint density at radius 2 is 1.65 bits per heavy atom. The standard InChI is InChI=1S/C13H16BrCl2NO2S/c14-10-3-1-9(2-4-10)8-17-20(18,19)13-6-11(15)5-12(16)7-13/h5-7,9-10,17H,1-4,8H2. The summed E-state index contributed by atoms with van der Waals surface area (Å²) in [5.41, 5.74) is 0. The van der Waals surface area contributed by atoms with Crippen molar-refractivity contribution in [2.45, 2.75) is 35.4 Å². The lowest BCUT2D eigenvalue weighted by Crippen LogP contribution is -2.31. The summed E-state index contributed by atoms with van der Waals surface area (Å²) in [6.45, 7) is 0.464. The molecule has 0 bridgehead atoms. The molecule has 0 amide bonds. The molecule has 0 unspecified atom stereocenters. The third-order valence-corrected chi connectivity index (χ3v) is 6.24. The van der Waals surface area contributed by atoms with Crippen LogP contribution in [-0.2, 0) is 10.0 Å². The van der Waals surface area contributed by atoms with Crippen LogP contribution in [0.1, 0.15) is 25.7 Å². The maximum atomic E-state index is 12.2. The molecule has 0 aliphatic heterocycles. The molecule has 0 aromatic heterocycles. The quantitative estimate of drug-likeness (QED) is 0.768. The lowest BCUT2D eigenvalue weighted by Gasteiger charge is -2.25. The Bertz CT molecular complexity index is 551. The number of benzene rings is 1. The summed E-state index contributed by atoms with van der Waals surface area (Å²) in [4.78, 5) is 0.686. The van der Waals surface area contributed by atoms with Gasteiger partial charge in [-0.05, 0) is 49.8 Å². The minimum Gasteiger partial charge on any atom is -0.211 e. The average Bonchev–Trinajstić information content (AvgIpc) is 2.37. The highest BCUT2D eigenvalue weighted by atomic mass is 79.9. The first kappa shape index (κ1) is 16.6. The van der Waals surface area contributed by atoms with Crippen molar-refractivity contribution in [3.8, 4) is 0 Å². The zero-order chi connectivity index (χ0) is 14.8. The van der Waals surface area contributed by atoms with Crippen molar-refractivity contribution in [2.75, 3.05) is 6.54 Å². The Labute approximate surface area is 138 Å². The van der Waals surface area contributed by atoms with Crippen LogP contribution >= 0.6 is 39.1 Å². The first-order valence-corrected chi connectivity index (χ1v) is 9.62. The highest BCUT2D eigenvalue weighted by molar-refractivity contribution is 9.09. The third kappa shape index (κ3) is 4.60. The van der Waals surface area contributed by atoms with Crippen molar-refractivity contribution >= 4 is 49.2 Å². The molecule has 3 nitrogen and oxygen atoms in total. The third-order valence-electron chi connectivity index (χ3n) is 3.48. The molecule has 2 rings (SSSR count). The van der Waals surface area contributed by atoms with Gasteiger partial charge >= 0.3 is 0 Å². The second-order valence-electron chi connectivity index (χ2n) is 5.08. The van der Waals surface area contributed by atoms with Crippen LogP contribution in [0.3, 0.4) is 0 Å². The van der Waals surface area contributed by atoms with E-state index in [9.17, 15) is 8.42 Å². The highest BCUT2D eigenvalue weighted by Crippen LogP contribution is 2.28. The van der Waals surface area contributed by atoms with E-state index in [1.54, 1.807) is 0 Å². The summed E-state index contributed by atoms with van der Waals surface area (Å²) >= 11 is 15.3. The fourth-order valence-electron chi connectivity index (χ4n) is 2.32. The minimum absolute atomic E-state index is 0.115. The number of nitrogens with one attached hydrogen (secondary N) is 1. The van der Waals surface area contributed by atoms with Crippen LogP contribution in [0, 0.1) is 5.92 Å². The summed E-state index contributed by atoms with van der Waals surface area (Å²) in [5, 5.41) is 0.635. The van der Waals surface area contributed by atoms with Gasteiger partial charge < -0.3 is 0 Å². The number of rotatable bonds is 4. The van der Waals surface area contributed by atoms with Gasteiger partial charge in [-0.15, -0.1) is 0 Å². The molecule has 0 spiro atoms. The first-order chi connectivity index (χ1) is 9.37. The van der Waals surface area contributed by atoms with E-state index in [1.165, 1.54) is 18.2 Å². The normalized spacial score (nSPS) is 23.8. The van der Waals surface area contributed by atoms with Crippen LogP contribution in [-0.4, -0.2) is 19.8 Å². The smallest absolute Gasteiger partial charge is 0.211 e. The van der Waals surface area contributed by atoms with E-state index in [0.29, 0.717) is 27.3 Å². The second-order valence-corrected chi connectivity index (χ2v) is 9.01. The van der Waals surface area contributed by atoms with E-state index >= 15 is 0 Å². The number of alkyl halides is 1. The molecule has 0 atom stereocenters. The highest BCUT2D eigenvalue weighted by Gasteiger charge is 2.22. The van der Waals surface area contributed by atoms with Crippen molar-refractivity contribution < 1.29 is 8.42 Å². The molecule has 1 aliphatic rings. The van der Waals surface area contributed by atoms with Crippen LogP contribution in [0.5, 0.6) is 0 Å². The van der Waals surface area contributed by atoms with Gasteiger partial charge in [-0.1, -0.05) is 39.1 Å². The Morgan fingerprint density at radius 3 is 2.20 bits per heavy atom. The summed E-state index contributed by atoms with van der Waals surface area (Å²) in [6.07, 6.45) is 4.26. The molecule has 112 valence electrons. The Morgan fingerprint density at radius 1 is 1.10 bits per heavy atom. The van der Waals surface area contributed by atoms with E-state index in [0.717, 1.165) is 25.7 Å². The van der Waals surface area contributed by atoms with Gasteiger partial charge in [0.2, 0.25) is 10.0 Å². The number of sulfonamides is 1. The number of hydrogen-bond acceptors (Lipinski definition) is 2. The number of halogens is 3. The van der Waals surface area contributed by atoms with Gasteiger partial charge in [0.05, 0.1) is 4.90 Å². The average molecular weight is 401 g/mol. The topological polar surface area (TPSA) is 46.2 Å². The van der Waals surface area contributed by atoms with Crippen LogP contribution < -0.4 is 4.72 Å². The van der Waals surface area contributed by atoms with Gasteiger partial charge in [0.1, 0.15) is 0 Å². The van der Waals surface area contributed by atoms with Gasteiger partial charge in [-0.2, -0.15) is 0 Å². The molecule has 0 heterocycles. The molecular formula is C13H16BrCl2NO2S. The molecule has 7 heteroatoms. The van der Waals surface area contributed by atoms with Crippen LogP contribution in [0.4, 0.5) is 0 Å². The Balaban J connectivity index is 2.00. The van der Waals surface area contributed by atoms with Crippen molar-refractivity contribution in [2.24, 2.45) is 5.92 Å². The first-order valence-electron chi connectivity index (χ1n) is 6.46. The zero-order valence-electron chi connectivity index (χ0n) is 10.8. The van der Waals surface area contributed by atoms with Gasteiger partial charge in [-0.3, -0.25) is 0 Å². The van der Waals surface area contributed by atoms with Crippen molar-refractivity contribution in [3.63, 3.8) is 0 Å². The lowest BCUT2D eigenvalue weighted by molar-refractivity contribution is 0.366. The van der Waals surface area contributed by atoms with E-state index < -0.39 is 10.0 Å². The van der Waals surface area contributed by atoms with Gasteiger partial charge in [0, 0.05) is 21.4 Å². The maximum absolute atomic E-state index is 12.2. The van der Waals surface area contributed by atoms with E-state index in [-0.39, 0.29) is 4.90 Å². The summed E-state index contributed by atoms with van der Waals surface area (Å²) < 4.78 is 27.1. The Kier molecular flexibility index (Phi) is 5.77. The zero-order valence-corrected chi connectivity index (χ0v) is 14.7. The van der Waals surface area contributed by atoms with Crippen LogP contribution in [0.2, 0.25) is 10.0 Å². The summed E-state index contributed by atoms with van der Waals surface area (Å²) in [6, 6.07) is 4.33. The molecule has 0 radical (unpaired) electrons. The second kappa shape index (κ2) is 6.97. The van der Waals surface area contributed by atoms with Crippen molar-refractivity contribution in [1.29, 1.82) is 0 Å². The molecule has 1 aromatic rings. The summed E-state index contributed by atoms with van der Waals surface area (Å²) in [7, 11) is -3.55. The molecule has 1 fully saturated rings. The van der Waals surface area contributed by atoms with Gasteiger partial charge in [0.25, 0.3) is 0 Å². The predicted molar refractivity (Wildman–Crippen MR) is 86.3 cm³/mol. The molecule has 20 heavy (non-hydrogen) atoms. The van der Waals surface area contributed by atoms with Crippen molar-refractivity contribution in [1.82, 2.24) is 4.72 Å². The maximum Gasteiger partial charge on any atom is 0.240 e. The van der Waals surface area contributed by atoms with Crippen LogP contribution in [0.25, 0.3) is 0 Å². The lowest BCUT2D eigenvalue weighted by atomic mass is 9.89. The largest absolute Gasteiger partial charge is 0.240 e. The SMILES string of the molecule is O=S(=O)(NCC1CCC(Br)CC1)c1cc(Cl)cc(Cl)c1. The predicted octanol–water partition coefficient (Wildman–Crippen LogP) is 4.23. The van der Waals surface area contributed by atoms with Gasteiger partial charge in [0.15, 0.2) is 0 Å². The fraction of sp³-hybridized carbons (Fsp3) is 0.538. The molecule has 0 saturated heterocycles. The Hall–Kier alpha value is 0.190. The molecular weight excluding hydrogens is 385 g/mol. The fourth-order valence-corrected chi connectivity index (χ4v) is 4.69. The molecule has 1 aromatic carbocycles. The van der Waals surface area contributed by atoms with E-state index in [2.05, 4.69) is 20.7 Å². The summed E-state index contributed by atoms with van der Waals surface area (Å²) in [5.74, 6) is 0.397. The van der Waals surface area contributed by atoms with E-state index in [1.807, 2.05) is 0 Å². The molecule has 1 N–H and O–H groups in total. The molecule has 1 saturated carbocycles.